The van der Waals surface area contributed by atoms with E-state index in [9.17, 15) is 0 Å². The van der Waals surface area contributed by atoms with Crippen molar-refractivity contribution >= 4 is 17.6 Å². The molecule has 0 amide bonds. The Kier molecular flexibility index (Phi) is 7.97. The molecule has 4 N–H and O–H groups in total. The van der Waals surface area contributed by atoms with E-state index in [0.29, 0.717) is 0 Å². The van der Waals surface area contributed by atoms with Crippen molar-refractivity contribution in [2.75, 3.05) is 13.1 Å². The van der Waals surface area contributed by atoms with E-state index in [0.717, 1.165) is 29.9 Å². The molecular formula is C14H17ClKN5. The standard InChI is InChI=1S/C8H10N2.C6H7ClN3.K/c1-6-4-2-3-5-7(6)8(9)10;7-10-4-5-3-8-2-1-6(5)9-10;/h2-5H,1H3,(H3,9,10);1-2,8H,3-4H2;/q;-1;+1. The van der Waals surface area contributed by atoms with Crippen LogP contribution in [0.4, 0.5) is 0 Å². The summed E-state index contributed by atoms with van der Waals surface area (Å²) < 4.78 is 1.43. The molecule has 0 atom stereocenters. The molecule has 106 valence electrons. The van der Waals surface area contributed by atoms with E-state index >= 15 is 0 Å². The Balaban J connectivity index is 0.000000200. The minimum Gasteiger partial charge on any atom is -0.605 e. The molecule has 1 aromatic carbocycles. The number of dihydropyridines is 1. The van der Waals surface area contributed by atoms with E-state index in [1.807, 2.05) is 43.5 Å². The zero-order valence-corrected chi connectivity index (χ0v) is 16.1. The van der Waals surface area contributed by atoms with Gasteiger partial charge in [-0.05, 0) is 30.5 Å². The summed E-state index contributed by atoms with van der Waals surface area (Å²) >= 11 is 5.65. The van der Waals surface area contributed by atoms with Crippen LogP contribution in [0.3, 0.4) is 0 Å². The molecule has 2 aliphatic heterocycles. The summed E-state index contributed by atoms with van der Waals surface area (Å²) in [7, 11) is 0. The normalized spacial score (nSPS) is 15.9. The molecule has 0 radical (unpaired) electrons. The molecule has 2 aliphatic rings. The third-order valence-electron chi connectivity index (χ3n) is 3.01. The Bertz CT molecular complexity index is 570. The molecule has 0 fully saturated rings. The minimum absolute atomic E-state index is 0. The van der Waals surface area contributed by atoms with Gasteiger partial charge in [0.2, 0.25) is 0 Å². The summed E-state index contributed by atoms with van der Waals surface area (Å²) in [4.78, 5) is 0. The van der Waals surface area contributed by atoms with Gasteiger partial charge in [0.15, 0.2) is 0 Å². The van der Waals surface area contributed by atoms with Gasteiger partial charge in [-0.1, -0.05) is 35.9 Å². The number of aryl methyl sites for hydroxylation is 1. The van der Waals surface area contributed by atoms with Gasteiger partial charge in [0.1, 0.15) is 5.84 Å². The number of benzene rings is 1. The van der Waals surface area contributed by atoms with Crippen LogP contribution in [0.2, 0.25) is 0 Å². The van der Waals surface area contributed by atoms with Crippen LogP contribution in [-0.4, -0.2) is 23.5 Å². The van der Waals surface area contributed by atoms with E-state index < -0.39 is 0 Å². The average Bonchev–Trinajstić information content (AvgIpc) is 2.79. The van der Waals surface area contributed by atoms with Gasteiger partial charge in [-0.2, -0.15) is 0 Å². The van der Waals surface area contributed by atoms with E-state index in [-0.39, 0.29) is 57.2 Å². The molecule has 3 rings (SSSR count). The fourth-order valence-corrected chi connectivity index (χ4v) is 2.18. The largest absolute Gasteiger partial charge is 1.00 e. The fourth-order valence-electron chi connectivity index (χ4n) is 1.95. The first-order valence-electron chi connectivity index (χ1n) is 6.25. The molecule has 0 bridgehead atoms. The quantitative estimate of drug-likeness (QED) is 0.278. The molecule has 0 aliphatic carbocycles. The zero-order chi connectivity index (χ0) is 14.5. The van der Waals surface area contributed by atoms with Gasteiger partial charge in [0, 0.05) is 18.7 Å². The number of halogens is 1. The van der Waals surface area contributed by atoms with Crippen LogP contribution in [-0.2, 0) is 0 Å². The molecule has 1 aromatic rings. The Labute approximate surface area is 172 Å². The van der Waals surface area contributed by atoms with Gasteiger partial charge in [-0.25, -0.2) is 0 Å². The van der Waals surface area contributed by atoms with Crippen molar-refractivity contribution in [2.24, 2.45) is 5.73 Å². The first kappa shape index (κ1) is 18.7. The van der Waals surface area contributed by atoms with E-state index in [1.165, 1.54) is 10.1 Å². The first-order chi connectivity index (χ1) is 9.58. The van der Waals surface area contributed by atoms with Crippen LogP contribution >= 0.6 is 11.8 Å². The predicted molar refractivity (Wildman–Crippen MR) is 82.3 cm³/mol. The van der Waals surface area contributed by atoms with Crippen LogP contribution in [0, 0.1) is 12.3 Å². The van der Waals surface area contributed by atoms with Crippen LogP contribution in [0.15, 0.2) is 47.8 Å². The van der Waals surface area contributed by atoms with E-state index in [2.05, 4.69) is 10.7 Å². The number of nitrogens with two attached hydrogens (primary N) is 1. The molecule has 0 spiro atoms. The maximum Gasteiger partial charge on any atom is 1.00 e. The maximum atomic E-state index is 7.15. The number of nitrogens with zero attached hydrogens (tertiary/aromatic N) is 2. The van der Waals surface area contributed by atoms with Crippen LogP contribution in [0.5, 0.6) is 0 Å². The third kappa shape index (κ3) is 5.41. The molecule has 0 aromatic heterocycles. The van der Waals surface area contributed by atoms with Crippen LogP contribution < -0.4 is 62.4 Å². The second-order valence-corrected chi connectivity index (χ2v) is 4.92. The molecule has 0 saturated heterocycles. The van der Waals surface area contributed by atoms with Gasteiger partial charge in [-0.3, -0.25) is 9.94 Å². The molecule has 5 nitrogen and oxygen atoms in total. The van der Waals surface area contributed by atoms with Crippen LogP contribution in [0.1, 0.15) is 11.1 Å². The van der Waals surface area contributed by atoms with Gasteiger partial charge in [0.05, 0.1) is 0 Å². The second-order valence-electron chi connectivity index (χ2n) is 4.53. The van der Waals surface area contributed by atoms with Gasteiger partial charge in [-0.15, -0.1) is 5.70 Å². The first-order valence-corrected chi connectivity index (χ1v) is 6.58. The summed E-state index contributed by atoms with van der Waals surface area (Å²) in [6, 6.07) is 7.60. The Morgan fingerprint density at radius 1 is 1.43 bits per heavy atom. The molecule has 21 heavy (non-hydrogen) atoms. The SMILES string of the molecule is Cc1ccccc1C(=N)N.ClN1CC2=C(C=CNC2)[N-]1.[K+]. The Hall–Kier alpha value is -0.344. The van der Waals surface area contributed by atoms with Crippen molar-refractivity contribution in [3.8, 4) is 0 Å². The smallest absolute Gasteiger partial charge is 0.605 e. The summed E-state index contributed by atoms with van der Waals surface area (Å²) in [6.45, 7) is 3.56. The van der Waals surface area contributed by atoms with E-state index in [1.54, 1.807) is 0 Å². The number of hydrogen-bond donors (Lipinski definition) is 3. The van der Waals surface area contributed by atoms with E-state index in [4.69, 9.17) is 22.9 Å². The number of nitrogen functional groups attached to an aromatic ring is 1. The zero-order valence-electron chi connectivity index (χ0n) is 12.2. The van der Waals surface area contributed by atoms with Crippen molar-refractivity contribution < 1.29 is 51.4 Å². The number of hydrogen-bond acceptors (Lipinski definition) is 3. The Morgan fingerprint density at radius 3 is 2.71 bits per heavy atom. The fraction of sp³-hybridized carbons (Fsp3) is 0.214. The summed E-state index contributed by atoms with van der Waals surface area (Å²) in [5.41, 5.74) is 13.5. The van der Waals surface area contributed by atoms with Gasteiger partial charge in [0.25, 0.3) is 0 Å². The molecule has 0 unspecified atom stereocenters. The minimum atomic E-state index is 0. The number of allylic oxidation sites excluding steroid dienone is 1. The number of amidine groups is 1. The summed E-state index contributed by atoms with van der Waals surface area (Å²) in [6.07, 6.45) is 3.82. The molecule has 2 heterocycles. The number of nitrogens with one attached hydrogen (secondary N) is 2. The van der Waals surface area contributed by atoms with Gasteiger partial charge >= 0.3 is 51.4 Å². The van der Waals surface area contributed by atoms with Crippen molar-refractivity contribution in [3.63, 3.8) is 0 Å². The van der Waals surface area contributed by atoms with Crippen molar-refractivity contribution in [1.29, 1.82) is 5.41 Å². The third-order valence-corrected chi connectivity index (χ3v) is 3.20. The molecular weight excluding hydrogens is 313 g/mol. The topological polar surface area (TPSA) is 79.2 Å². The van der Waals surface area contributed by atoms with Gasteiger partial charge < -0.3 is 16.5 Å². The number of rotatable bonds is 1. The molecule has 0 saturated carbocycles. The Morgan fingerprint density at radius 2 is 2.14 bits per heavy atom. The molecule has 7 heteroatoms. The average molecular weight is 330 g/mol. The van der Waals surface area contributed by atoms with Crippen molar-refractivity contribution in [2.45, 2.75) is 6.92 Å². The second kappa shape index (κ2) is 8.94. The monoisotopic (exact) mass is 329 g/mol. The predicted octanol–water partition coefficient (Wildman–Crippen LogP) is -0.601. The van der Waals surface area contributed by atoms with Crippen LogP contribution in [0.25, 0.3) is 5.43 Å². The summed E-state index contributed by atoms with van der Waals surface area (Å²) in [5, 5.41) is 10.2. The maximum absolute atomic E-state index is 7.15. The summed E-state index contributed by atoms with van der Waals surface area (Å²) in [5.74, 6) is 0.137. The van der Waals surface area contributed by atoms with Crippen molar-refractivity contribution in [1.82, 2.24) is 9.84 Å². The van der Waals surface area contributed by atoms with Crippen molar-refractivity contribution in [3.05, 3.63) is 64.4 Å².